The number of aromatic nitrogens is 1. The maximum atomic E-state index is 11.1. The highest BCUT2D eigenvalue weighted by atomic mass is 32.1. The normalized spacial score (nSPS) is 11.8. The highest BCUT2D eigenvalue weighted by Gasteiger charge is 2.11. The van der Waals surface area contributed by atoms with E-state index in [2.05, 4.69) is 35.0 Å². The summed E-state index contributed by atoms with van der Waals surface area (Å²) in [5, 5.41) is 5.98. The average molecular weight is 395 g/mol. The van der Waals surface area contributed by atoms with E-state index in [1.165, 1.54) is 5.56 Å². The number of benzene rings is 2. The lowest BCUT2D eigenvalue weighted by Gasteiger charge is -2.12. The Bertz CT molecular complexity index is 918. The molecule has 3 aromatic rings. The Hall–Kier alpha value is -2.66. The molecule has 1 atom stereocenters. The monoisotopic (exact) mass is 394 g/mol. The second-order valence-electron chi connectivity index (χ2n) is 6.80. The molecular weight excluding hydrogens is 368 g/mol. The first kappa shape index (κ1) is 20.1. The topological polar surface area (TPSA) is 51.2 Å². The quantitative estimate of drug-likeness (QED) is 0.561. The molecule has 0 unspecified atom stereocenters. The molecule has 28 heavy (non-hydrogen) atoms. The van der Waals surface area contributed by atoms with Crippen molar-refractivity contribution in [1.82, 2.24) is 10.3 Å². The molecule has 0 aliphatic rings. The minimum Gasteiger partial charge on any atom is -0.493 e. The first-order chi connectivity index (χ1) is 13.6. The van der Waals surface area contributed by atoms with Crippen molar-refractivity contribution in [2.75, 3.05) is 6.61 Å². The molecule has 0 radical (unpaired) electrons. The molecule has 1 amide bonds. The van der Waals surface area contributed by atoms with Gasteiger partial charge in [-0.15, -0.1) is 11.3 Å². The lowest BCUT2D eigenvalue weighted by Crippen LogP contribution is -2.30. The lowest BCUT2D eigenvalue weighted by molar-refractivity contribution is -0.119. The summed E-state index contributed by atoms with van der Waals surface area (Å²) in [5.41, 5.74) is 4.38. The number of aryl methyl sites for hydroxylation is 1. The summed E-state index contributed by atoms with van der Waals surface area (Å²) in [4.78, 5) is 15.9. The van der Waals surface area contributed by atoms with E-state index >= 15 is 0 Å². The van der Waals surface area contributed by atoms with Crippen molar-refractivity contribution < 1.29 is 9.53 Å². The van der Waals surface area contributed by atoms with Gasteiger partial charge < -0.3 is 10.1 Å². The van der Waals surface area contributed by atoms with Gasteiger partial charge in [-0.1, -0.05) is 36.4 Å². The molecule has 1 heterocycles. The van der Waals surface area contributed by atoms with Crippen molar-refractivity contribution in [2.24, 2.45) is 0 Å². The summed E-state index contributed by atoms with van der Waals surface area (Å²) in [5.74, 6) is 0.891. The van der Waals surface area contributed by atoms with Crippen LogP contribution in [-0.4, -0.2) is 23.5 Å². The Morgan fingerprint density at radius 1 is 1.18 bits per heavy atom. The second kappa shape index (κ2) is 9.51. The van der Waals surface area contributed by atoms with Crippen LogP contribution in [0.1, 0.15) is 32.8 Å². The van der Waals surface area contributed by atoms with E-state index in [1.807, 2.05) is 38.1 Å². The standard InChI is InChI=1S/C23H26N2O2S/c1-4-27-22-8-6-5-7-20(22)23-25-21(15-28-23)19-13-11-18(12-14-19)10-9-16(2)24-17(3)26/h5-8,11-16H,4,9-10H2,1-3H3,(H,24,26)/t16-/m0/s1. The number of amides is 1. The fourth-order valence-corrected chi connectivity index (χ4v) is 3.96. The number of nitrogens with one attached hydrogen (secondary N) is 1. The molecule has 0 aliphatic carbocycles. The van der Waals surface area contributed by atoms with Gasteiger partial charge in [0.2, 0.25) is 5.91 Å². The molecule has 5 heteroatoms. The molecule has 0 saturated heterocycles. The van der Waals surface area contributed by atoms with Gasteiger partial charge in [-0.3, -0.25) is 4.79 Å². The Labute approximate surface area is 170 Å². The molecule has 0 saturated carbocycles. The molecule has 0 spiro atoms. The molecule has 1 aromatic heterocycles. The van der Waals surface area contributed by atoms with Crippen LogP contribution >= 0.6 is 11.3 Å². The molecule has 4 nitrogen and oxygen atoms in total. The smallest absolute Gasteiger partial charge is 0.217 e. The van der Waals surface area contributed by atoms with Gasteiger partial charge >= 0.3 is 0 Å². The summed E-state index contributed by atoms with van der Waals surface area (Å²) in [6.07, 6.45) is 1.86. The van der Waals surface area contributed by atoms with E-state index in [4.69, 9.17) is 9.72 Å². The molecule has 2 aromatic carbocycles. The summed E-state index contributed by atoms with van der Waals surface area (Å²) in [6.45, 7) is 6.21. The van der Waals surface area contributed by atoms with Gasteiger partial charge in [-0.25, -0.2) is 4.98 Å². The van der Waals surface area contributed by atoms with Crippen molar-refractivity contribution in [3.63, 3.8) is 0 Å². The first-order valence-electron chi connectivity index (χ1n) is 9.61. The number of ether oxygens (including phenoxy) is 1. The van der Waals surface area contributed by atoms with Gasteiger partial charge in [-0.2, -0.15) is 0 Å². The van der Waals surface area contributed by atoms with Crippen LogP contribution in [0, 0.1) is 0 Å². The highest BCUT2D eigenvalue weighted by Crippen LogP contribution is 2.34. The Morgan fingerprint density at radius 2 is 1.93 bits per heavy atom. The third kappa shape index (κ3) is 5.20. The van der Waals surface area contributed by atoms with E-state index in [0.29, 0.717) is 6.61 Å². The third-order valence-corrected chi connectivity index (χ3v) is 5.36. The average Bonchev–Trinajstić information content (AvgIpc) is 3.17. The fraction of sp³-hybridized carbons (Fsp3) is 0.304. The van der Waals surface area contributed by atoms with Crippen LogP contribution in [0.4, 0.5) is 0 Å². The number of nitrogens with zero attached hydrogens (tertiary/aromatic N) is 1. The Balaban J connectivity index is 1.69. The molecular formula is C23H26N2O2S. The van der Waals surface area contributed by atoms with Gasteiger partial charge in [0.15, 0.2) is 0 Å². The van der Waals surface area contributed by atoms with Gasteiger partial charge in [0, 0.05) is 23.9 Å². The van der Waals surface area contributed by atoms with Crippen LogP contribution in [0.3, 0.4) is 0 Å². The summed E-state index contributed by atoms with van der Waals surface area (Å²) < 4.78 is 5.73. The third-order valence-electron chi connectivity index (χ3n) is 4.49. The molecule has 146 valence electrons. The van der Waals surface area contributed by atoms with E-state index in [-0.39, 0.29) is 11.9 Å². The maximum absolute atomic E-state index is 11.1. The molecule has 0 fully saturated rings. The predicted octanol–water partition coefficient (Wildman–Crippen LogP) is 5.33. The molecule has 0 aliphatic heterocycles. The van der Waals surface area contributed by atoms with Crippen LogP contribution in [0.25, 0.3) is 21.8 Å². The van der Waals surface area contributed by atoms with Gasteiger partial charge in [0.1, 0.15) is 10.8 Å². The second-order valence-corrected chi connectivity index (χ2v) is 7.66. The zero-order valence-corrected chi connectivity index (χ0v) is 17.4. The van der Waals surface area contributed by atoms with Crippen molar-refractivity contribution in [1.29, 1.82) is 0 Å². The summed E-state index contributed by atoms with van der Waals surface area (Å²) >= 11 is 1.63. The van der Waals surface area contributed by atoms with Crippen LogP contribution in [0.15, 0.2) is 53.9 Å². The summed E-state index contributed by atoms with van der Waals surface area (Å²) in [7, 11) is 0. The van der Waals surface area contributed by atoms with Crippen molar-refractivity contribution >= 4 is 17.2 Å². The number of para-hydroxylation sites is 1. The van der Waals surface area contributed by atoms with Gasteiger partial charge in [-0.05, 0) is 44.4 Å². The van der Waals surface area contributed by atoms with E-state index in [9.17, 15) is 4.79 Å². The number of hydrogen-bond acceptors (Lipinski definition) is 4. The van der Waals surface area contributed by atoms with Crippen molar-refractivity contribution in [3.8, 4) is 27.6 Å². The van der Waals surface area contributed by atoms with E-state index < -0.39 is 0 Å². The highest BCUT2D eigenvalue weighted by molar-refractivity contribution is 7.13. The van der Waals surface area contributed by atoms with Gasteiger partial charge in [0.05, 0.1) is 17.9 Å². The lowest BCUT2D eigenvalue weighted by atomic mass is 10.0. The number of rotatable bonds is 8. The van der Waals surface area contributed by atoms with Crippen molar-refractivity contribution in [3.05, 3.63) is 59.5 Å². The number of carbonyl (C=O) groups excluding carboxylic acids is 1. The minimum absolute atomic E-state index is 0.0214. The van der Waals surface area contributed by atoms with E-state index in [0.717, 1.165) is 40.4 Å². The number of thiazole rings is 1. The van der Waals surface area contributed by atoms with Gasteiger partial charge in [0.25, 0.3) is 0 Å². The molecule has 0 bridgehead atoms. The minimum atomic E-state index is 0.0214. The zero-order chi connectivity index (χ0) is 19.9. The maximum Gasteiger partial charge on any atom is 0.217 e. The largest absolute Gasteiger partial charge is 0.493 e. The van der Waals surface area contributed by atoms with Crippen LogP contribution < -0.4 is 10.1 Å². The van der Waals surface area contributed by atoms with Crippen LogP contribution in [0.5, 0.6) is 5.75 Å². The SMILES string of the molecule is CCOc1ccccc1-c1nc(-c2ccc(CC[C@H](C)NC(C)=O)cc2)cs1. The zero-order valence-electron chi connectivity index (χ0n) is 16.6. The fourth-order valence-electron chi connectivity index (χ4n) is 3.10. The van der Waals surface area contributed by atoms with Crippen LogP contribution in [0.2, 0.25) is 0 Å². The Kier molecular flexibility index (Phi) is 6.82. The summed E-state index contributed by atoms with van der Waals surface area (Å²) in [6, 6.07) is 16.7. The number of hydrogen-bond donors (Lipinski definition) is 1. The van der Waals surface area contributed by atoms with Crippen molar-refractivity contribution in [2.45, 2.75) is 39.7 Å². The van der Waals surface area contributed by atoms with Crippen LogP contribution in [-0.2, 0) is 11.2 Å². The predicted molar refractivity (Wildman–Crippen MR) is 116 cm³/mol. The van der Waals surface area contributed by atoms with E-state index in [1.54, 1.807) is 18.3 Å². The number of carbonyl (C=O) groups is 1. The Morgan fingerprint density at radius 3 is 2.64 bits per heavy atom. The molecule has 3 rings (SSSR count). The first-order valence-corrected chi connectivity index (χ1v) is 10.5. The molecule has 1 N–H and O–H groups in total.